The topological polar surface area (TPSA) is 148 Å². The largest absolute Gasteiger partial charge is 0.481 e. The van der Waals surface area contributed by atoms with Crippen molar-refractivity contribution in [3.8, 4) is 5.75 Å². The van der Waals surface area contributed by atoms with E-state index in [0.717, 1.165) is 12.1 Å². The number of carbonyl (C=O) groups excluding carboxylic acids is 4. The predicted molar refractivity (Wildman–Crippen MR) is 145 cm³/mol. The average molecular weight is 644 g/mol. The van der Waals surface area contributed by atoms with Crippen LogP contribution in [0.5, 0.6) is 5.75 Å². The number of urea groups is 1. The first-order valence-electron chi connectivity index (χ1n) is 10.8. The van der Waals surface area contributed by atoms with Gasteiger partial charge in [-0.15, -0.1) is 0 Å². The molecule has 1 aliphatic rings. The molecule has 1 saturated heterocycles. The van der Waals surface area contributed by atoms with Gasteiger partial charge >= 0.3 is 6.03 Å². The molecule has 3 aromatic rings. The number of hydrogen-bond acceptors (Lipinski definition) is 7. The number of non-ortho nitro benzene ring substituents is 1. The number of para-hydroxylation sites is 1. The van der Waals surface area contributed by atoms with Crippen molar-refractivity contribution in [3.63, 3.8) is 0 Å². The fourth-order valence-corrected chi connectivity index (χ4v) is 4.89. The van der Waals surface area contributed by atoms with E-state index in [4.69, 9.17) is 4.74 Å². The minimum atomic E-state index is -0.981. The van der Waals surface area contributed by atoms with E-state index in [1.54, 1.807) is 36.4 Å². The Morgan fingerprint density at radius 3 is 2.26 bits per heavy atom. The minimum absolute atomic E-state index is 0.0522. The lowest BCUT2D eigenvalue weighted by atomic mass is 10.1. The van der Waals surface area contributed by atoms with Crippen LogP contribution < -0.4 is 20.3 Å². The lowest BCUT2D eigenvalue weighted by Gasteiger charge is -2.26. The molecule has 0 saturated carbocycles. The molecule has 0 aliphatic carbocycles. The van der Waals surface area contributed by atoms with Crippen LogP contribution in [0.1, 0.15) is 5.56 Å². The van der Waals surface area contributed by atoms with Gasteiger partial charge in [-0.25, -0.2) is 9.69 Å². The molecule has 1 fully saturated rings. The van der Waals surface area contributed by atoms with Gasteiger partial charge in [0.15, 0.2) is 6.61 Å². The van der Waals surface area contributed by atoms with Crippen molar-refractivity contribution < 1.29 is 28.8 Å². The normalized spacial score (nSPS) is 14.3. The SMILES string of the molecule is O=C(COc1c(Br)cc(/C=C2/C(=O)NC(=O)N(c3ccc([N+](=O)[O-])cc3)C2=O)cc1Br)Nc1ccccc1. The monoisotopic (exact) mass is 642 g/mol. The van der Waals surface area contributed by atoms with Crippen LogP contribution in [-0.2, 0) is 14.4 Å². The zero-order chi connectivity index (χ0) is 27.4. The second kappa shape index (κ2) is 11.4. The first-order chi connectivity index (χ1) is 18.1. The minimum Gasteiger partial charge on any atom is -0.481 e. The van der Waals surface area contributed by atoms with E-state index in [-0.39, 0.29) is 29.5 Å². The number of ether oxygens (including phenoxy) is 1. The van der Waals surface area contributed by atoms with Gasteiger partial charge in [-0.1, -0.05) is 18.2 Å². The number of amides is 5. The molecule has 0 bridgehead atoms. The summed E-state index contributed by atoms with van der Waals surface area (Å²) in [4.78, 5) is 61.1. The summed E-state index contributed by atoms with van der Waals surface area (Å²) in [5.74, 6) is -1.86. The Bertz CT molecular complexity index is 1470. The fourth-order valence-electron chi connectivity index (χ4n) is 3.44. The maximum absolute atomic E-state index is 13.1. The molecule has 3 aromatic carbocycles. The number of nitrogens with zero attached hydrogens (tertiary/aromatic N) is 2. The molecule has 0 atom stereocenters. The summed E-state index contributed by atoms with van der Waals surface area (Å²) in [6.45, 7) is -0.278. The lowest BCUT2D eigenvalue weighted by Crippen LogP contribution is -2.54. The maximum Gasteiger partial charge on any atom is 0.335 e. The molecule has 4 rings (SSSR count). The van der Waals surface area contributed by atoms with E-state index < -0.39 is 22.8 Å². The zero-order valence-electron chi connectivity index (χ0n) is 19.1. The second-order valence-corrected chi connectivity index (χ2v) is 9.46. The summed E-state index contributed by atoms with van der Waals surface area (Å²) in [6.07, 6.45) is 1.28. The third-order valence-electron chi connectivity index (χ3n) is 5.16. The van der Waals surface area contributed by atoms with Crippen LogP contribution in [0, 0.1) is 10.1 Å². The molecule has 5 amide bonds. The summed E-state index contributed by atoms with van der Waals surface area (Å²) >= 11 is 6.73. The third kappa shape index (κ3) is 5.95. The summed E-state index contributed by atoms with van der Waals surface area (Å²) in [5, 5.41) is 15.7. The van der Waals surface area contributed by atoms with E-state index in [2.05, 4.69) is 42.5 Å². The highest BCUT2D eigenvalue weighted by Crippen LogP contribution is 2.36. The number of carbonyl (C=O) groups is 4. The van der Waals surface area contributed by atoms with Gasteiger partial charge in [-0.05, 0) is 79.9 Å². The van der Waals surface area contributed by atoms with Gasteiger partial charge < -0.3 is 10.1 Å². The van der Waals surface area contributed by atoms with E-state index in [1.807, 2.05) is 6.07 Å². The van der Waals surface area contributed by atoms with E-state index in [0.29, 0.717) is 30.8 Å². The summed E-state index contributed by atoms with van der Waals surface area (Å²) < 4.78 is 6.49. The molecule has 192 valence electrons. The van der Waals surface area contributed by atoms with E-state index in [9.17, 15) is 29.3 Å². The molecule has 1 aliphatic heterocycles. The number of imide groups is 2. The van der Waals surface area contributed by atoms with E-state index in [1.165, 1.54) is 18.2 Å². The van der Waals surface area contributed by atoms with Crippen LogP contribution in [0.3, 0.4) is 0 Å². The highest BCUT2D eigenvalue weighted by molar-refractivity contribution is 9.11. The van der Waals surface area contributed by atoms with Crippen molar-refractivity contribution in [2.45, 2.75) is 0 Å². The first kappa shape index (κ1) is 26.7. The molecule has 0 aromatic heterocycles. The van der Waals surface area contributed by atoms with Gasteiger partial charge in [0.2, 0.25) is 0 Å². The van der Waals surface area contributed by atoms with Gasteiger partial charge in [-0.2, -0.15) is 0 Å². The Kier molecular flexibility index (Phi) is 7.98. The lowest BCUT2D eigenvalue weighted by molar-refractivity contribution is -0.384. The van der Waals surface area contributed by atoms with Crippen LogP contribution in [0.25, 0.3) is 6.08 Å². The summed E-state index contributed by atoms with van der Waals surface area (Å²) in [5.41, 5.74) is 0.522. The van der Waals surface area contributed by atoms with Gasteiger partial charge in [0.05, 0.1) is 19.6 Å². The van der Waals surface area contributed by atoms with Crippen LogP contribution in [0.2, 0.25) is 0 Å². The molecule has 38 heavy (non-hydrogen) atoms. The molecule has 11 nitrogen and oxygen atoms in total. The Labute approximate surface area is 231 Å². The van der Waals surface area contributed by atoms with Gasteiger partial charge in [0.25, 0.3) is 23.4 Å². The molecule has 2 N–H and O–H groups in total. The average Bonchev–Trinajstić information content (AvgIpc) is 2.87. The fraction of sp³-hybridized carbons (Fsp3) is 0.0400. The number of nitrogens with one attached hydrogen (secondary N) is 2. The number of halogens is 2. The Morgan fingerprint density at radius 2 is 1.66 bits per heavy atom. The quantitative estimate of drug-likeness (QED) is 0.163. The van der Waals surface area contributed by atoms with Crippen molar-refractivity contribution in [3.05, 3.63) is 96.9 Å². The van der Waals surface area contributed by atoms with Crippen LogP contribution in [-0.4, -0.2) is 35.3 Å². The van der Waals surface area contributed by atoms with Crippen LogP contribution in [0.15, 0.2) is 81.2 Å². The number of rotatable bonds is 7. The summed E-state index contributed by atoms with van der Waals surface area (Å²) in [6, 6.07) is 15.8. The number of hydrogen-bond donors (Lipinski definition) is 2. The maximum atomic E-state index is 13.1. The highest BCUT2D eigenvalue weighted by Gasteiger charge is 2.37. The molecular formula is C25H16Br2N4O7. The van der Waals surface area contributed by atoms with Crippen LogP contribution in [0.4, 0.5) is 21.9 Å². The smallest absolute Gasteiger partial charge is 0.335 e. The number of nitro groups is 1. The number of benzene rings is 3. The predicted octanol–water partition coefficient (Wildman–Crippen LogP) is 4.80. The second-order valence-electron chi connectivity index (χ2n) is 7.75. The van der Waals surface area contributed by atoms with Crippen molar-refractivity contribution >= 4 is 78.8 Å². The standard InChI is InChI=1S/C25H16Br2N4O7/c26-19-11-14(12-20(27)22(19)38-13-21(32)28-15-4-2-1-3-5-15)10-18-23(33)29-25(35)30(24(18)34)16-6-8-17(9-7-16)31(36)37/h1-12H,13H2,(H,28,32)(H,29,33,35)/b18-10-. The molecule has 0 radical (unpaired) electrons. The third-order valence-corrected chi connectivity index (χ3v) is 6.34. The van der Waals surface area contributed by atoms with Crippen molar-refractivity contribution in [1.29, 1.82) is 0 Å². The van der Waals surface area contributed by atoms with Crippen molar-refractivity contribution in [1.82, 2.24) is 5.32 Å². The van der Waals surface area contributed by atoms with Gasteiger partial charge in [-0.3, -0.25) is 29.8 Å². The number of nitro benzene ring substituents is 1. The van der Waals surface area contributed by atoms with Gasteiger partial charge in [0.1, 0.15) is 11.3 Å². The Balaban J connectivity index is 1.53. The molecule has 1 heterocycles. The Morgan fingerprint density at radius 1 is 1.03 bits per heavy atom. The Hall–Kier alpha value is -4.36. The number of barbiturate groups is 1. The van der Waals surface area contributed by atoms with Crippen molar-refractivity contribution in [2.24, 2.45) is 0 Å². The number of anilines is 2. The zero-order valence-corrected chi connectivity index (χ0v) is 22.3. The van der Waals surface area contributed by atoms with Crippen LogP contribution >= 0.6 is 31.9 Å². The highest BCUT2D eigenvalue weighted by atomic mass is 79.9. The summed E-state index contributed by atoms with van der Waals surface area (Å²) in [7, 11) is 0. The molecule has 0 spiro atoms. The first-order valence-corrected chi connectivity index (χ1v) is 12.4. The van der Waals surface area contributed by atoms with Gasteiger partial charge in [0, 0.05) is 17.8 Å². The molecule has 13 heteroatoms. The molecule has 0 unspecified atom stereocenters. The van der Waals surface area contributed by atoms with E-state index >= 15 is 0 Å². The molecular weight excluding hydrogens is 628 g/mol. The van der Waals surface area contributed by atoms with Crippen molar-refractivity contribution in [2.75, 3.05) is 16.8 Å².